The maximum atomic E-state index is 13.4. The lowest BCUT2D eigenvalue weighted by atomic mass is 9.99. The van der Waals surface area contributed by atoms with E-state index < -0.39 is 15.9 Å². The highest BCUT2D eigenvalue weighted by molar-refractivity contribution is 7.89. The van der Waals surface area contributed by atoms with Crippen LogP contribution in [0.4, 0.5) is 5.82 Å². The summed E-state index contributed by atoms with van der Waals surface area (Å²) < 4.78 is 33.6. The second-order valence-electron chi connectivity index (χ2n) is 8.17. The van der Waals surface area contributed by atoms with E-state index >= 15 is 0 Å². The molecule has 5 rings (SSSR count). The van der Waals surface area contributed by atoms with Crippen LogP contribution in [0, 0.1) is 12.8 Å². The number of pyridine rings is 1. The Bertz CT molecular complexity index is 1230. The topological polar surface area (TPSA) is 118 Å². The van der Waals surface area contributed by atoms with Crippen molar-refractivity contribution in [2.24, 2.45) is 5.92 Å². The Balaban J connectivity index is 1.33. The maximum absolute atomic E-state index is 13.4. The van der Waals surface area contributed by atoms with Gasteiger partial charge in [-0.1, -0.05) is 11.2 Å². The normalized spacial score (nSPS) is 19.7. The summed E-state index contributed by atoms with van der Waals surface area (Å²) in [5.41, 5.74) is 0. The van der Waals surface area contributed by atoms with Crippen molar-refractivity contribution >= 4 is 33.1 Å². The molecule has 1 N–H and O–H groups in total. The highest BCUT2D eigenvalue weighted by Gasteiger charge is 2.36. The first-order chi connectivity index (χ1) is 15.4. The van der Waals surface area contributed by atoms with E-state index in [9.17, 15) is 13.2 Å². The Kier molecular flexibility index (Phi) is 5.56. The number of carbonyl (C=O) groups is 1. The highest BCUT2D eigenvalue weighted by atomic mass is 32.2. The average molecular weight is 474 g/mol. The molecule has 0 aromatic carbocycles. The van der Waals surface area contributed by atoms with Gasteiger partial charge in [-0.2, -0.15) is 9.29 Å². The molecule has 3 aromatic heterocycles. The summed E-state index contributed by atoms with van der Waals surface area (Å²) in [6, 6.07) is 6.88. The third kappa shape index (κ3) is 4.19. The molecule has 1 atom stereocenters. The van der Waals surface area contributed by atoms with Crippen LogP contribution in [0.1, 0.15) is 42.4 Å². The van der Waals surface area contributed by atoms with Crippen LogP contribution >= 0.6 is 11.3 Å². The Morgan fingerprint density at radius 2 is 2.12 bits per heavy atom. The third-order valence-electron chi connectivity index (χ3n) is 5.75. The van der Waals surface area contributed by atoms with Gasteiger partial charge in [0.2, 0.25) is 27.6 Å². The molecule has 1 aliphatic carbocycles. The van der Waals surface area contributed by atoms with Gasteiger partial charge >= 0.3 is 0 Å². The molecule has 0 spiro atoms. The number of aromatic nitrogens is 3. The monoisotopic (exact) mass is 473 g/mol. The Morgan fingerprint density at radius 1 is 1.28 bits per heavy atom. The summed E-state index contributed by atoms with van der Waals surface area (Å²) in [6.07, 6.45) is 4.95. The fourth-order valence-electron chi connectivity index (χ4n) is 3.84. The highest BCUT2D eigenvalue weighted by Crippen LogP contribution is 2.41. The van der Waals surface area contributed by atoms with Crippen LogP contribution in [0.5, 0.6) is 0 Å². The number of carbonyl (C=O) groups excluding carboxylic acids is 1. The number of nitrogens with zero attached hydrogens (tertiary/aromatic N) is 4. The van der Waals surface area contributed by atoms with Crippen molar-refractivity contribution in [3.8, 4) is 10.7 Å². The molecule has 3 aromatic rings. The fourth-order valence-corrected chi connectivity index (χ4v) is 6.85. The van der Waals surface area contributed by atoms with Gasteiger partial charge in [0, 0.05) is 30.1 Å². The van der Waals surface area contributed by atoms with Crippen LogP contribution in [-0.2, 0) is 14.8 Å². The van der Waals surface area contributed by atoms with Crippen LogP contribution in [0.15, 0.2) is 39.9 Å². The molecule has 1 aliphatic heterocycles. The molecular weight excluding hydrogens is 450 g/mol. The zero-order chi connectivity index (χ0) is 22.3. The minimum absolute atomic E-state index is 0.139. The first kappa shape index (κ1) is 21.2. The number of sulfonamides is 1. The number of aryl methyl sites for hydroxylation is 1. The maximum Gasteiger partial charge on any atom is 0.244 e. The molecule has 1 saturated carbocycles. The predicted octanol–water partition coefficient (Wildman–Crippen LogP) is 3.42. The number of amides is 1. The zero-order valence-corrected chi connectivity index (χ0v) is 19.2. The van der Waals surface area contributed by atoms with Gasteiger partial charge in [-0.15, -0.1) is 11.3 Å². The number of piperidine rings is 1. The van der Waals surface area contributed by atoms with Crippen LogP contribution in [0.3, 0.4) is 0 Å². The quantitative estimate of drug-likeness (QED) is 0.583. The van der Waals surface area contributed by atoms with E-state index in [4.69, 9.17) is 4.52 Å². The lowest BCUT2D eigenvalue weighted by molar-refractivity contribution is -0.120. The smallest absolute Gasteiger partial charge is 0.244 e. The van der Waals surface area contributed by atoms with E-state index in [0.29, 0.717) is 52.6 Å². The first-order valence-electron chi connectivity index (χ1n) is 10.6. The van der Waals surface area contributed by atoms with Gasteiger partial charge < -0.3 is 9.84 Å². The molecule has 0 radical (unpaired) electrons. The van der Waals surface area contributed by atoms with Gasteiger partial charge in [0.1, 0.15) is 5.82 Å². The molecule has 2 aliphatic rings. The number of thiophene rings is 1. The summed E-state index contributed by atoms with van der Waals surface area (Å²) in [5, 5.41) is 6.81. The molecule has 0 bridgehead atoms. The molecule has 2 fully saturated rings. The molecule has 1 amide bonds. The molecule has 1 saturated heterocycles. The summed E-state index contributed by atoms with van der Waals surface area (Å²) in [7, 11) is -3.75. The number of nitrogens with one attached hydrogen (secondary N) is 1. The number of anilines is 1. The van der Waals surface area contributed by atoms with E-state index in [-0.39, 0.29) is 17.3 Å². The van der Waals surface area contributed by atoms with Crippen molar-refractivity contribution in [2.45, 2.75) is 43.4 Å². The summed E-state index contributed by atoms with van der Waals surface area (Å²) in [6.45, 7) is 2.30. The molecule has 9 nitrogen and oxygen atoms in total. The van der Waals surface area contributed by atoms with Gasteiger partial charge in [-0.25, -0.2) is 13.4 Å². The average Bonchev–Trinajstić information content (AvgIpc) is 3.39. The molecular formula is C21H23N5O4S2. The van der Waals surface area contributed by atoms with Gasteiger partial charge in [0.25, 0.3) is 0 Å². The van der Waals surface area contributed by atoms with E-state index in [2.05, 4.69) is 20.4 Å². The minimum Gasteiger partial charge on any atom is -0.339 e. The number of hydrogen-bond acceptors (Lipinski definition) is 8. The van der Waals surface area contributed by atoms with E-state index in [1.165, 1.54) is 15.6 Å². The Morgan fingerprint density at radius 3 is 2.88 bits per heavy atom. The SMILES string of the molecule is Cc1sc(-c2noc(C3CC3)n2)cc1S(=O)(=O)N1CCC[C@@H](C(=O)Nc2ccccn2)C1. The second-order valence-corrected chi connectivity index (χ2v) is 11.3. The van der Waals surface area contributed by atoms with Crippen molar-refractivity contribution in [3.63, 3.8) is 0 Å². The van der Waals surface area contributed by atoms with Crippen LogP contribution in [0.2, 0.25) is 0 Å². The minimum atomic E-state index is -3.75. The molecule has 32 heavy (non-hydrogen) atoms. The third-order valence-corrected chi connectivity index (χ3v) is 8.92. The van der Waals surface area contributed by atoms with E-state index in [1.54, 1.807) is 37.4 Å². The molecule has 4 heterocycles. The van der Waals surface area contributed by atoms with Gasteiger partial charge in [0.05, 0.1) is 15.7 Å². The van der Waals surface area contributed by atoms with Crippen molar-refractivity contribution in [2.75, 3.05) is 18.4 Å². The summed E-state index contributed by atoms with van der Waals surface area (Å²) >= 11 is 1.33. The number of rotatable bonds is 6. The van der Waals surface area contributed by atoms with E-state index in [1.807, 2.05) is 0 Å². The zero-order valence-electron chi connectivity index (χ0n) is 17.5. The predicted molar refractivity (Wildman–Crippen MR) is 119 cm³/mol. The molecule has 0 unspecified atom stereocenters. The van der Waals surface area contributed by atoms with E-state index in [0.717, 1.165) is 12.8 Å². The summed E-state index contributed by atoms with van der Waals surface area (Å²) in [4.78, 5) is 22.8. The lowest BCUT2D eigenvalue weighted by Crippen LogP contribution is -2.43. The fraction of sp³-hybridized carbons (Fsp3) is 0.429. The van der Waals surface area contributed by atoms with Gasteiger partial charge in [-0.3, -0.25) is 4.79 Å². The van der Waals surface area contributed by atoms with Crippen molar-refractivity contribution in [1.82, 2.24) is 19.4 Å². The van der Waals surface area contributed by atoms with Gasteiger partial charge in [0.15, 0.2) is 0 Å². The van der Waals surface area contributed by atoms with Gasteiger partial charge in [-0.05, 0) is 50.8 Å². The van der Waals surface area contributed by atoms with Crippen LogP contribution in [-0.4, -0.2) is 46.8 Å². The van der Waals surface area contributed by atoms with Crippen LogP contribution < -0.4 is 5.32 Å². The van der Waals surface area contributed by atoms with Crippen molar-refractivity contribution < 1.29 is 17.7 Å². The van der Waals surface area contributed by atoms with Crippen molar-refractivity contribution in [1.29, 1.82) is 0 Å². The molecule has 168 valence electrons. The molecule has 11 heteroatoms. The Hall–Kier alpha value is -2.63. The lowest BCUT2D eigenvalue weighted by Gasteiger charge is -2.31. The second kappa shape index (κ2) is 8.38. The standard InChI is InChI=1S/C21H23N5O4S2/c1-13-17(11-16(31-13)19-24-21(30-25-19)14-7-8-14)32(28,29)26-10-4-5-15(12-26)20(27)23-18-6-2-3-9-22-18/h2-3,6,9,11,14-15H,4-5,7-8,10,12H2,1H3,(H,22,23,27)/t15-/m1/s1. The number of hydrogen-bond donors (Lipinski definition) is 1. The largest absolute Gasteiger partial charge is 0.339 e. The van der Waals surface area contributed by atoms with Crippen molar-refractivity contribution in [3.05, 3.63) is 41.2 Å². The first-order valence-corrected chi connectivity index (χ1v) is 12.8. The van der Waals surface area contributed by atoms with Crippen LogP contribution in [0.25, 0.3) is 10.7 Å². The summed E-state index contributed by atoms with van der Waals surface area (Å²) in [5.74, 6) is 1.19. The Labute approximate surface area is 189 Å².